The molecule has 1 N–H and O–H groups in total. The summed E-state index contributed by atoms with van der Waals surface area (Å²) in [5.74, 6) is 0.853. The average Bonchev–Trinajstić information content (AvgIpc) is 3.18. The van der Waals surface area contributed by atoms with Gasteiger partial charge in [-0.2, -0.15) is 9.61 Å². The van der Waals surface area contributed by atoms with Gasteiger partial charge in [0.15, 0.2) is 5.65 Å². The highest BCUT2D eigenvalue weighted by molar-refractivity contribution is 6.36. The van der Waals surface area contributed by atoms with Crippen molar-refractivity contribution in [1.82, 2.24) is 19.5 Å². The first-order valence-corrected chi connectivity index (χ1v) is 11.9. The van der Waals surface area contributed by atoms with Crippen molar-refractivity contribution in [3.8, 4) is 11.3 Å². The van der Waals surface area contributed by atoms with Crippen LogP contribution in [0.2, 0.25) is 15.1 Å². The Morgan fingerprint density at radius 2 is 1.79 bits per heavy atom. The van der Waals surface area contributed by atoms with E-state index in [2.05, 4.69) is 15.3 Å². The van der Waals surface area contributed by atoms with Gasteiger partial charge in [0.1, 0.15) is 13.7 Å². The molecule has 0 spiro atoms. The van der Waals surface area contributed by atoms with Crippen molar-refractivity contribution >= 4 is 59.6 Å². The molecule has 0 unspecified atom stereocenters. The lowest BCUT2D eigenvalue weighted by atomic mass is 10.0. The Kier molecular flexibility index (Phi) is 6.52. The van der Waals surface area contributed by atoms with Crippen molar-refractivity contribution in [3.05, 3.63) is 75.4 Å². The van der Waals surface area contributed by atoms with E-state index in [9.17, 15) is 0 Å². The summed E-state index contributed by atoms with van der Waals surface area (Å²) >= 11 is 18.8. The fraction of sp³-hybridized carbons (Fsp3) is 0.250. The van der Waals surface area contributed by atoms with Gasteiger partial charge in [0.2, 0.25) is 0 Å². The first kappa shape index (κ1) is 22.5. The van der Waals surface area contributed by atoms with E-state index in [0.29, 0.717) is 32.2 Å². The van der Waals surface area contributed by atoms with Gasteiger partial charge in [-0.15, -0.1) is 0 Å². The molecule has 2 aromatic heterocycles. The Hall–Kier alpha value is -2.25. The van der Waals surface area contributed by atoms with E-state index in [4.69, 9.17) is 47.6 Å². The lowest BCUT2D eigenvalue weighted by Gasteiger charge is -2.33. The van der Waals surface area contributed by atoms with Crippen LogP contribution in [0.4, 0.5) is 5.82 Å². The first-order valence-electron chi connectivity index (χ1n) is 10.8. The summed E-state index contributed by atoms with van der Waals surface area (Å²) in [6.45, 7) is 2.74. The van der Waals surface area contributed by atoms with Crippen LogP contribution in [0, 0.1) is 0 Å². The summed E-state index contributed by atoms with van der Waals surface area (Å²) in [4.78, 5) is 7.13. The summed E-state index contributed by atoms with van der Waals surface area (Å²) in [5, 5.41) is 10.1. The Balaban J connectivity index is 1.33. The van der Waals surface area contributed by atoms with Crippen LogP contribution in [0.15, 0.2) is 54.7 Å². The molecule has 2 aromatic carbocycles. The fourth-order valence-corrected chi connectivity index (χ4v) is 4.93. The number of halogens is 3. The standard InChI is InChI=1S/C24H21BCl3N5/c25-19-13-29-33-23(12-22(31-24(19)33)18-3-1-2-4-20(18)27)30-17-7-9-32(10-8-17)14-15-5-6-16(26)11-21(15)28/h1-6,11-13,17,30H,7-10,14H2. The third-order valence-corrected chi connectivity index (χ3v) is 6.91. The second kappa shape index (κ2) is 9.55. The molecule has 166 valence electrons. The van der Waals surface area contributed by atoms with Gasteiger partial charge in [-0.25, -0.2) is 4.98 Å². The summed E-state index contributed by atoms with van der Waals surface area (Å²) in [6.07, 6.45) is 3.61. The summed E-state index contributed by atoms with van der Waals surface area (Å²) in [7, 11) is 6.14. The fourth-order valence-electron chi connectivity index (χ4n) is 4.22. The quantitative estimate of drug-likeness (QED) is 0.385. The second-order valence-electron chi connectivity index (χ2n) is 8.27. The zero-order chi connectivity index (χ0) is 22.9. The molecule has 1 saturated heterocycles. The molecule has 5 nitrogen and oxygen atoms in total. The molecular formula is C24H21BCl3N5. The number of rotatable bonds is 5. The Labute approximate surface area is 209 Å². The Morgan fingerprint density at radius 1 is 1.00 bits per heavy atom. The molecule has 0 saturated carbocycles. The number of fused-ring (bicyclic) bond motifs is 1. The number of anilines is 1. The van der Waals surface area contributed by atoms with Gasteiger partial charge in [-0.1, -0.05) is 59.1 Å². The lowest BCUT2D eigenvalue weighted by molar-refractivity contribution is 0.211. The number of hydrogen-bond donors (Lipinski definition) is 1. The highest BCUT2D eigenvalue weighted by Crippen LogP contribution is 2.29. The number of aromatic nitrogens is 3. The van der Waals surface area contributed by atoms with Crippen molar-refractivity contribution in [3.63, 3.8) is 0 Å². The summed E-state index contributed by atoms with van der Waals surface area (Å²) < 4.78 is 1.76. The molecule has 0 bridgehead atoms. The number of nitrogens with zero attached hydrogens (tertiary/aromatic N) is 4. The van der Waals surface area contributed by atoms with E-state index < -0.39 is 0 Å². The highest BCUT2D eigenvalue weighted by atomic mass is 35.5. The third-order valence-electron chi connectivity index (χ3n) is 6.00. The van der Waals surface area contributed by atoms with Crippen LogP contribution >= 0.6 is 34.8 Å². The van der Waals surface area contributed by atoms with Gasteiger partial charge in [-0.05, 0) is 42.1 Å². The Morgan fingerprint density at radius 3 is 2.55 bits per heavy atom. The molecule has 3 heterocycles. The topological polar surface area (TPSA) is 45.5 Å². The smallest absolute Gasteiger partial charge is 0.150 e. The number of likely N-dealkylation sites (tertiary alicyclic amines) is 1. The van der Waals surface area contributed by atoms with E-state index in [1.54, 1.807) is 16.8 Å². The van der Waals surface area contributed by atoms with Crippen LogP contribution in [0.25, 0.3) is 16.9 Å². The molecule has 4 aromatic rings. The van der Waals surface area contributed by atoms with E-state index >= 15 is 0 Å². The first-order chi connectivity index (χ1) is 16.0. The molecule has 9 heteroatoms. The van der Waals surface area contributed by atoms with Gasteiger partial charge in [-0.3, -0.25) is 4.90 Å². The third kappa shape index (κ3) is 4.85. The maximum Gasteiger partial charge on any atom is 0.150 e. The minimum atomic E-state index is 0.303. The molecule has 2 radical (unpaired) electrons. The lowest BCUT2D eigenvalue weighted by Crippen LogP contribution is -2.39. The van der Waals surface area contributed by atoms with Crippen LogP contribution in [-0.4, -0.2) is 46.5 Å². The molecule has 0 aliphatic carbocycles. The van der Waals surface area contributed by atoms with Crippen LogP contribution in [0.1, 0.15) is 18.4 Å². The number of benzene rings is 2. The minimum Gasteiger partial charge on any atom is -0.367 e. The molecule has 33 heavy (non-hydrogen) atoms. The maximum atomic E-state index is 6.43. The van der Waals surface area contributed by atoms with Crippen LogP contribution < -0.4 is 10.8 Å². The van der Waals surface area contributed by atoms with E-state index in [0.717, 1.165) is 55.1 Å². The van der Waals surface area contributed by atoms with E-state index in [-0.39, 0.29) is 0 Å². The maximum absolute atomic E-state index is 6.43. The van der Waals surface area contributed by atoms with Crippen LogP contribution in [-0.2, 0) is 6.54 Å². The monoisotopic (exact) mass is 495 g/mol. The average molecular weight is 497 g/mol. The van der Waals surface area contributed by atoms with Crippen molar-refractivity contribution < 1.29 is 0 Å². The highest BCUT2D eigenvalue weighted by Gasteiger charge is 2.22. The molecular weight excluding hydrogens is 475 g/mol. The van der Waals surface area contributed by atoms with Gasteiger partial charge < -0.3 is 5.32 Å². The molecule has 0 atom stereocenters. The molecule has 0 amide bonds. The van der Waals surface area contributed by atoms with Crippen molar-refractivity contribution in [2.75, 3.05) is 18.4 Å². The largest absolute Gasteiger partial charge is 0.367 e. The zero-order valence-corrected chi connectivity index (χ0v) is 20.1. The van der Waals surface area contributed by atoms with Gasteiger partial charge in [0.05, 0.1) is 5.69 Å². The van der Waals surface area contributed by atoms with Gasteiger partial charge in [0.25, 0.3) is 0 Å². The van der Waals surface area contributed by atoms with Crippen molar-refractivity contribution in [1.29, 1.82) is 0 Å². The summed E-state index contributed by atoms with van der Waals surface area (Å²) in [5.41, 5.74) is 3.86. The molecule has 1 aliphatic heterocycles. The number of piperidine rings is 1. The predicted octanol–water partition coefficient (Wildman–Crippen LogP) is 5.23. The second-order valence-corrected chi connectivity index (χ2v) is 9.52. The zero-order valence-electron chi connectivity index (χ0n) is 17.8. The number of nitrogens with one attached hydrogen (secondary N) is 1. The van der Waals surface area contributed by atoms with Crippen LogP contribution in [0.3, 0.4) is 0 Å². The van der Waals surface area contributed by atoms with Crippen LogP contribution in [0.5, 0.6) is 0 Å². The van der Waals surface area contributed by atoms with Gasteiger partial charge in [0, 0.05) is 58.6 Å². The SMILES string of the molecule is [B]c1cnn2c(NC3CCN(Cc4ccc(Cl)cc4Cl)CC3)cc(-c3ccccc3Cl)nc12. The molecule has 1 aliphatic rings. The number of hydrogen-bond acceptors (Lipinski definition) is 4. The Bertz CT molecular complexity index is 1300. The van der Waals surface area contributed by atoms with E-state index in [1.165, 1.54) is 0 Å². The normalized spacial score (nSPS) is 15.2. The minimum absolute atomic E-state index is 0.303. The van der Waals surface area contributed by atoms with E-state index in [1.807, 2.05) is 42.5 Å². The van der Waals surface area contributed by atoms with Crippen molar-refractivity contribution in [2.45, 2.75) is 25.4 Å². The summed E-state index contributed by atoms with van der Waals surface area (Å²) in [6, 6.07) is 15.6. The van der Waals surface area contributed by atoms with Crippen molar-refractivity contribution in [2.24, 2.45) is 0 Å². The predicted molar refractivity (Wildman–Crippen MR) is 137 cm³/mol. The molecule has 1 fully saturated rings. The molecule has 5 rings (SSSR count). The van der Waals surface area contributed by atoms with Gasteiger partial charge >= 0.3 is 0 Å².